The van der Waals surface area contributed by atoms with Crippen LogP contribution in [0, 0.1) is 13.8 Å². The van der Waals surface area contributed by atoms with Gasteiger partial charge in [0.25, 0.3) is 0 Å². The van der Waals surface area contributed by atoms with E-state index in [0.29, 0.717) is 0 Å². The minimum absolute atomic E-state index is 0.0671. The molecule has 0 saturated carbocycles. The monoisotopic (exact) mass is 605 g/mol. The van der Waals surface area contributed by atoms with Gasteiger partial charge in [-0.25, -0.2) is 0 Å². The fourth-order valence-electron chi connectivity index (χ4n) is 8.58. The quantitative estimate of drug-likeness (QED) is 0.211. The highest BCUT2D eigenvalue weighted by Crippen LogP contribution is 2.55. The van der Waals surface area contributed by atoms with Gasteiger partial charge in [0.05, 0.1) is 0 Å². The Morgan fingerprint density at radius 2 is 1.02 bits per heavy atom. The fourth-order valence-corrected chi connectivity index (χ4v) is 8.58. The maximum atomic E-state index is 3.81. The first kappa shape index (κ1) is 28.1. The van der Waals surface area contributed by atoms with Gasteiger partial charge in [0.2, 0.25) is 0 Å². The summed E-state index contributed by atoms with van der Waals surface area (Å²) >= 11 is 0. The van der Waals surface area contributed by atoms with Gasteiger partial charge in [-0.3, -0.25) is 0 Å². The van der Waals surface area contributed by atoms with E-state index in [4.69, 9.17) is 0 Å². The number of aryl methyl sites for hydroxylation is 2. The summed E-state index contributed by atoms with van der Waals surface area (Å²) in [4.78, 5) is 0. The Morgan fingerprint density at radius 1 is 0.426 bits per heavy atom. The van der Waals surface area contributed by atoms with Crippen molar-refractivity contribution in [3.63, 3.8) is 0 Å². The maximum absolute atomic E-state index is 3.81. The summed E-state index contributed by atoms with van der Waals surface area (Å²) in [5, 5.41) is 9.07. The number of benzene rings is 7. The van der Waals surface area contributed by atoms with Crippen LogP contribution < -0.4 is 5.32 Å². The Labute approximate surface area is 277 Å². The van der Waals surface area contributed by atoms with Crippen molar-refractivity contribution in [3.8, 4) is 33.4 Å². The van der Waals surface area contributed by atoms with Gasteiger partial charge in [0, 0.05) is 22.2 Å². The molecule has 0 aliphatic heterocycles. The third-order valence-electron chi connectivity index (χ3n) is 11.2. The van der Waals surface area contributed by atoms with E-state index >= 15 is 0 Å². The van der Waals surface area contributed by atoms with Crippen LogP contribution in [0.15, 0.2) is 121 Å². The van der Waals surface area contributed by atoms with Crippen LogP contribution in [-0.4, -0.2) is 0 Å². The van der Waals surface area contributed by atoms with Crippen molar-refractivity contribution >= 4 is 32.9 Å². The standard InChI is InChI=1S/C46H39N/c1-27-15-16-28(2)37(21-27)38-26-43-44(35-14-10-9-13-33(35)38)36-20-18-32(25-42(36)46(43,5)6)47-31-17-19-34-39-22-29-11-7-8-12-30(29)23-40(39)45(3,4)41(34)24-31/h7-26,47H,1-6H3. The maximum Gasteiger partial charge on any atom is 0.0387 e. The van der Waals surface area contributed by atoms with E-state index < -0.39 is 0 Å². The number of rotatable bonds is 3. The van der Waals surface area contributed by atoms with Crippen molar-refractivity contribution in [1.29, 1.82) is 0 Å². The molecule has 1 nitrogen and oxygen atoms in total. The Kier molecular flexibility index (Phi) is 5.79. The molecule has 2 aliphatic carbocycles. The van der Waals surface area contributed by atoms with Crippen molar-refractivity contribution in [1.82, 2.24) is 0 Å². The highest BCUT2D eigenvalue weighted by molar-refractivity contribution is 6.09. The van der Waals surface area contributed by atoms with Gasteiger partial charge in [0.15, 0.2) is 0 Å². The molecule has 228 valence electrons. The molecule has 47 heavy (non-hydrogen) atoms. The van der Waals surface area contributed by atoms with E-state index in [0.717, 1.165) is 11.4 Å². The van der Waals surface area contributed by atoms with Crippen molar-refractivity contribution in [2.24, 2.45) is 0 Å². The molecule has 0 atom stereocenters. The molecule has 0 aromatic heterocycles. The Bertz CT molecular complexity index is 2460. The highest BCUT2D eigenvalue weighted by Gasteiger charge is 2.38. The third-order valence-corrected chi connectivity index (χ3v) is 11.2. The van der Waals surface area contributed by atoms with E-state index in [1.165, 1.54) is 88.3 Å². The first-order valence-electron chi connectivity index (χ1n) is 16.9. The summed E-state index contributed by atoms with van der Waals surface area (Å²) in [5.41, 5.74) is 18.3. The molecule has 9 rings (SSSR count). The van der Waals surface area contributed by atoms with E-state index in [2.05, 4.69) is 168 Å². The Hall–Kier alpha value is -5.14. The summed E-state index contributed by atoms with van der Waals surface area (Å²) in [7, 11) is 0. The molecule has 2 aliphatic rings. The van der Waals surface area contributed by atoms with Crippen LogP contribution in [0.3, 0.4) is 0 Å². The fraction of sp³-hybridized carbons (Fsp3) is 0.174. The van der Waals surface area contributed by atoms with Gasteiger partial charge in [-0.15, -0.1) is 0 Å². The predicted molar refractivity (Wildman–Crippen MR) is 201 cm³/mol. The summed E-state index contributed by atoms with van der Waals surface area (Å²) in [6, 6.07) is 45.7. The summed E-state index contributed by atoms with van der Waals surface area (Å²) in [5.74, 6) is 0. The number of anilines is 2. The van der Waals surface area contributed by atoms with Crippen LogP contribution in [0.1, 0.15) is 61.1 Å². The number of fused-ring (bicyclic) bond motifs is 9. The number of nitrogens with one attached hydrogen (secondary N) is 1. The number of hydrogen-bond acceptors (Lipinski definition) is 1. The first-order chi connectivity index (χ1) is 22.6. The molecular formula is C46H39N. The van der Waals surface area contributed by atoms with Crippen LogP contribution in [0.4, 0.5) is 11.4 Å². The minimum Gasteiger partial charge on any atom is -0.356 e. The van der Waals surface area contributed by atoms with Gasteiger partial charge in [0.1, 0.15) is 0 Å². The lowest BCUT2D eigenvalue weighted by Gasteiger charge is -2.24. The van der Waals surface area contributed by atoms with Crippen molar-refractivity contribution in [3.05, 3.63) is 155 Å². The number of hydrogen-bond donors (Lipinski definition) is 1. The molecule has 0 heterocycles. The largest absolute Gasteiger partial charge is 0.356 e. The molecule has 0 fully saturated rings. The summed E-state index contributed by atoms with van der Waals surface area (Å²) in [6.45, 7) is 13.9. The lowest BCUT2D eigenvalue weighted by molar-refractivity contribution is 0.661. The zero-order valence-corrected chi connectivity index (χ0v) is 28.0. The zero-order valence-electron chi connectivity index (χ0n) is 28.0. The molecule has 0 spiro atoms. The second kappa shape index (κ2) is 9.69. The van der Waals surface area contributed by atoms with Crippen molar-refractivity contribution < 1.29 is 0 Å². The molecule has 0 unspecified atom stereocenters. The van der Waals surface area contributed by atoms with Gasteiger partial charge in [-0.2, -0.15) is 0 Å². The van der Waals surface area contributed by atoms with Crippen LogP contribution in [0.2, 0.25) is 0 Å². The molecular weight excluding hydrogens is 567 g/mol. The van der Waals surface area contributed by atoms with E-state index in [1.54, 1.807) is 0 Å². The molecule has 1 heteroatoms. The van der Waals surface area contributed by atoms with E-state index in [1.807, 2.05) is 0 Å². The van der Waals surface area contributed by atoms with Crippen LogP contribution in [0.25, 0.3) is 54.9 Å². The predicted octanol–water partition coefficient (Wildman–Crippen LogP) is 12.6. The molecule has 0 radical (unpaired) electrons. The third kappa shape index (κ3) is 4.02. The lowest BCUT2D eigenvalue weighted by atomic mass is 9.80. The Balaban J connectivity index is 1.12. The molecule has 0 amide bonds. The molecule has 7 aromatic rings. The van der Waals surface area contributed by atoms with Gasteiger partial charge in [-0.1, -0.05) is 112 Å². The highest BCUT2D eigenvalue weighted by atomic mass is 14.9. The molecule has 7 aromatic carbocycles. The first-order valence-corrected chi connectivity index (χ1v) is 16.9. The SMILES string of the molecule is Cc1ccc(C)c(-c2cc3c(c4ccccc24)-c2ccc(Nc4ccc5c(c4)C(C)(C)c4cc6ccccc6cc4-5)cc2C3(C)C)c1. The lowest BCUT2D eigenvalue weighted by Crippen LogP contribution is -2.16. The van der Waals surface area contributed by atoms with Crippen LogP contribution in [0.5, 0.6) is 0 Å². The van der Waals surface area contributed by atoms with Crippen LogP contribution >= 0.6 is 0 Å². The van der Waals surface area contributed by atoms with Crippen molar-refractivity contribution in [2.45, 2.75) is 52.4 Å². The van der Waals surface area contributed by atoms with Crippen LogP contribution in [-0.2, 0) is 10.8 Å². The molecule has 0 bridgehead atoms. The average molecular weight is 606 g/mol. The minimum atomic E-state index is -0.136. The molecule has 1 N–H and O–H groups in total. The summed E-state index contributed by atoms with van der Waals surface area (Å²) < 4.78 is 0. The zero-order chi connectivity index (χ0) is 32.2. The second-order valence-electron chi connectivity index (χ2n) is 14.9. The average Bonchev–Trinajstić information content (AvgIpc) is 3.43. The van der Waals surface area contributed by atoms with E-state index in [-0.39, 0.29) is 10.8 Å². The van der Waals surface area contributed by atoms with Gasteiger partial charge < -0.3 is 5.32 Å². The molecule has 0 saturated heterocycles. The Morgan fingerprint density at radius 3 is 1.77 bits per heavy atom. The summed E-state index contributed by atoms with van der Waals surface area (Å²) in [6.07, 6.45) is 0. The second-order valence-corrected chi connectivity index (χ2v) is 14.9. The topological polar surface area (TPSA) is 12.0 Å². The van der Waals surface area contributed by atoms with Gasteiger partial charge >= 0.3 is 0 Å². The smallest absolute Gasteiger partial charge is 0.0387 e. The van der Waals surface area contributed by atoms with Gasteiger partial charge in [-0.05, 0) is 139 Å². The van der Waals surface area contributed by atoms with Crippen molar-refractivity contribution in [2.75, 3.05) is 5.32 Å². The normalized spacial score (nSPS) is 14.9. The van der Waals surface area contributed by atoms with E-state index in [9.17, 15) is 0 Å².